The maximum Gasteiger partial charge on any atom is 0.156 e. The summed E-state index contributed by atoms with van der Waals surface area (Å²) in [5, 5.41) is 7.68. The van der Waals surface area contributed by atoms with Gasteiger partial charge in [-0.15, -0.1) is 0 Å². The summed E-state index contributed by atoms with van der Waals surface area (Å²) in [5.41, 5.74) is 11.8. The minimum absolute atomic E-state index is 0.256. The molecule has 0 aliphatic heterocycles. The highest BCUT2D eigenvalue weighted by Gasteiger charge is 2.16. The van der Waals surface area contributed by atoms with Crippen LogP contribution in [0.3, 0.4) is 0 Å². The Balaban J connectivity index is 1.47. The number of anilines is 1. The van der Waals surface area contributed by atoms with Crippen LogP contribution >= 0.6 is 0 Å². The first-order chi connectivity index (χ1) is 12.2. The van der Waals surface area contributed by atoms with Crippen LogP contribution in [0, 0.1) is 6.92 Å². The van der Waals surface area contributed by atoms with E-state index in [2.05, 4.69) is 39.4 Å². The van der Waals surface area contributed by atoms with Crippen LogP contribution in [0.25, 0.3) is 5.82 Å². The Morgan fingerprint density at radius 3 is 3.00 bits per heavy atom. The Bertz CT molecular complexity index is 872. The monoisotopic (exact) mass is 334 g/mol. The van der Waals surface area contributed by atoms with Crippen molar-refractivity contribution in [3.05, 3.63) is 65.4 Å². The van der Waals surface area contributed by atoms with E-state index in [9.17, 15) is 0 Å². The summed E-state index contributed by atoms with van der Waals surface area (Å²) in [5.74, 6) is 0.859. The largest absolute Gasteiger partial charge is 0.380 e. The number of fused-ring (bicyclic) bond motifs is 1. The molecule has 6 heteroatoms. The van der Waals surface area contributed by atoms with Crippen LogP contribution in [0.2, 0.25) is 0 Å². The van der Waals surface area contributed by atoms with E-state index >= 15 is 0 Å². The molecule has 25 heavy (non-hydrogen) atoms. The summed E-state index contributed by atoms with van der Waals surface area (Å²) in [6.45, 7) is 2.76. The molecule has 0 radical (unpaired) electrons. The molecule has 0 spiro atoms. The third-order valence-corrected chi connectivity index (χ3v) is 4.62. The number of nitrogens with one attached hydrogen (secondary N) is 1. The molecule has 6 nitrogen and oxygen atoms in total. The molecule has 0 amide bonds. The van der Waals surface area contributed by atoms with Gasteiger partial charge in [-0.2, -0.15) is 5.10 Å². The summed E-state index contributed by atoms with van der Waals surface area (Å²) in [6, 6.07) is 6.47. The predicted molar refractivity (Wildman–Crippen MR) is 97.7 cm³/mol. The smallest absolute Gasteiger partial charge is 0.156 e. The molecule has 4 rings (SSSR count). The highest BCUT2D eigenvalue weighted by Crippen LogP contribution is 2.22. The average Bonchev–Trinajstić information content (AvgIpc) is 3.14. The fraction of sp³-hybridized carbons (Fsp3) is 0.316. The van der Waals surface area contributed by atoms with Crippen molar-refractivity contribution >= 4 is 5.69 Å². The molecular weight excluding hydrogens is 312 g/mol. The molecule has 0 bridgehead atoms. The third kappa shape index (κ3) is 3.39. The Kier molecular flexibility index (Phi) is 4.19. The maximum atomic E-state index is 6.07. The van der Waals surface area contributed by atoms with Gasteiger partial charge in [0.15, 0.2) is 5.82 Å². The van der Waals surface area contributed by atoms with E-state index in [-0.39, 0.29) is 6.04 Å². The highest BCUT2D eigenvalue weighted by molar-refractivity contribution is 5.46. The summed E-state index contributed by atoms with van der Waals surface area (Å²) < 4.78 is 1.78. The molecule has 1 atom stereocenters. The van der Waals surface area contributed by atoms with Gasteiger partial charge >= 0.3 is 0 Å². The van der Waals surface area contributed by atoms with Crippen molar-refractivity contribution in [3.63, 3.8) is 0 Å². The lowest BCUT2D eigenvalue weighted by atomic mass is 9.92. The van der Waals surface area contributed by atoms with Gasteiger partial charge in [-0.3, -0.25) is 4.98 Å². The molecule has 3 heterocycles. The van der Waals surface area contributed by atoms with Crippen molar-refractivity contribution in [1.82, 2.24) is 19.7 Å². The van der Waals surface area contributed by atoms with Gasteiger partial charge in [0.2, 0.25) is 0 Å². The molecule has 0 aromatic carbocycles. The minimum atomic E-state index is 0.256. The van der Waals surface area contributed by atoms with Crippen molar-refractivity contribution < 1.29 is 0 Å². The summed E-state index contributed by atoms with van der Waals surface area (Å²) >= 11 is 0. The van der Waals surface area contributed by atoms with Crippen molar-refractivity contribution in [2.24, 2.45) is 5.73 Å². The first-order valence-electron chi connectivity index (χ1n) is 8.62. The van der Waals surface area contributed by atoms with Gasteiger partial charge < -0.3 is 11.1 Å². The SMILES string of the molecule is Cc1cc(CNc2cnc3c(c2)CC(N)CC3)cnc1-n1cccn1. The van der Waals surface area contributed by atoms with Crippen LogP contribution in [0.5, 0.6) is 0 Å². The molecule has 3 N–H and O–H groups in total. The topological polar surface area (TPSA) is 81.6 Å². The first kappa shape index (κ1) is 15.8. The van der Waals surface area contributed by atoms with Gasteiger partial charge in [0.25, 0.3) is 0 Å². The molecule has 128 valence electrons. The second-order valence-corrected chi connectivity index (χ2v) is 6.62. The normalized spacial score (nSPS) is 16.5. The average molecular weight is 334 g/mol. The summed E-state index contributed by atoms with van der Waals surface area (Å²) in [7, 11) is 0. The maximum absolute atomic E-state index is 6.07. The van der Waals surface area contributed by atoms with E-state index in [0.29, 0.717) is 6.54 Å². The van der Waals surface area contributed by atoms with E-state index in [4.69, 9.17) is 5.73 Å². The second-order valence-electron chi connectivity index (χ2n) is 6.62. The summed E-state index contributed by atoms with van der Waals surface area (Å²) in [4.78, 5) is 9.13. The van der Waals surface area contributed by atoms with Gasteiger partial charge in [0.05, 0.1) is 11.9 Å². The van der Waals surface area contributed by atoms with Crippen LogP contribution in [0.15, 0.2) is 43.0 Å². The van der Waals surface area contributed by atoms with Crippen molar-refractivity contribution in [2.75, 3.05) is 5.32 Å². The zero-order valence-corrected chi connectivity index (χ0v) is 14.3. The quantitative estimate of drug-likeness (QED) is 0.766. The number of nitrogens with zero attached hydrogens (tertiary/aromatic N) is 4. The lowest BCUT2D eigenvalue weighted by molar-refractivity contribution is 0.567. The Morgan fingerprint density at radius 1 is 1.28 bits per heavy atom. The van der Waals surface area contributed by atoms with E-state index in [0.717, 1.165) is 41.9 Å². The molecule has 3 aromatic rings. The molecule has 1 unspecified atom stereocenters. The Hall–Kier alpha value is -2.73. The number of aromatic nitrogens is 4. The number of aryl methyl sites for hydroxylation is 2. The van der Waals surface area contributed by atoms with E-state index in [1.54, 1.807) is 10.9 Å². The molecular formula is C19H22N6. The fourth-order valence-corrected chi connectivity index (χ4v) is 3.30. The van der Waals surface area contributed by atoms with Crippen molar-refractivity contribution in [3.8, 4) is 5.82 Å². The molecule has 1 aliphatic rings. The zero-order valence-electron chi connectivity index (χ0n) is 14.3. The van der Waals surface area contributed by atoms with Crippen LogP contribution < -0.4 is 11.1 Å². The molecule has 0 saturated carbocycles. The van der Waals surface area contributed by atoms with Crippen LogP contribution in [-0.4, -0.2) is 25.8 Å². The predicted octanol–water partition coefficient (Wildman–Crippen LogP) is 2.40. The van der Waals surface area contributed by atoms with Gasteiger partial charge in [-0.05, 0) is 61.1 Å². The van der Waals surface area contributed by atoms with Crippen LogP contribution in [-0.2, 0) is 19.4 Å². The zero-order chi connectivity index (χ0) is 17.2. The van der Waals surface area contributed by atoms with E-state index < -0.39 is 0 Å². The Labute approximate surface area is 147 Å². The van der Waals surface area contributed by atoms with Gasteiger partial charge in [0.1, 0.15) is 0 Å². The van der Waals surface area contributed by atoms with Gasteiger partial charge in [-0.1, -0.05) is 0 Å². The lowest BCUT2D eigenvalue weighted by Gasteiger charge is -2.21. The number of nitrogens with two attached hydrogens (primary N) is 1. The van der Waals surface area contributed by atoms with Crippen molar-refractivity contribution in [1.29, 1.82) is 0 Å². The molecule has 3 aromatic heterocycles. The van der Waals surface area contributed by atoms with Gasteiger partial charge in [0, 0.05) is 36.9 Å². The standard InChI is InChI=1S/C19H22N6/c1-13-7-14(11-23-19(13)25-6-2-5-24-25)10-21-17-9-15-8-16(20)3-4-18(15)22-12-17/h2,5-7,9,11-12,16,21H,3-4,8,10,20H2,1H3. The van der Waals surface area contributed by atoms with Crippen molar-refractivity contribution in [2.45, 2.75) is 38.8 Å². The summed E-state index contributed by atoms with van der Waals surface area (Å²) in [6.07, 6.45) is 10.4. The third-order valence-electron chi connectivity index (χ3n) is 4.62. The number of rotatable bonds is 4. The first-order valence-corrected chi connectivity index (χ1v) is 8.62. The fourth-order valence-electron chi connectivity index (χ4n) is 3.30. The number of hydrogen-bond donors (Lipinski definition) is 2. The molecule has 0 saturated heterocycles. The minimum Gasteiger partial charge on any atom is -0.380 e. The second kappa shape index (κ2) is 6.64. The molecule has 0 fully saturated rings. The lowest BCUT2D eigenvalue weighted by Crippen LogP contribution is -2.28. The van der Waals surface area contributed by atoms with Crippen LogP contribution in [0.1, 0.15) is 28.8 Å². The number of hydrogen-bond acceptors (Lipinski definition) is 5. The van der Waals surface area contributed by atoms with E-state index in [1.807, 2.05) is 24.7 Å². The number of pyridine rings is 2. The van der Waals surface area contributed by atoms with Gasteiger partial charge in [-0.25, -0.2) is 9.67 Å². The van der Waals surface area contributed by atoms with E-state index in [1.165, 1.54) is 11.3 Å². The Morgan fingerprint density at radius 2 is 2.20 bits per heavy atom. The van der Waals surface area contributed by atoms with Crippen LogP contribution in [0.4, 0.5) is 5.69 Å². The highest BCUT2D eigenvalue weighted by atomic mass is 15.3. The molecule has 1 aliphatic carbocycles.